The summed E-state index contributed by atoms with van der Waals surface area (Å²) in [6.45, 7) is 1.03. The maximum atomic E-state index is 14.2. The Kier molecular flexibility index (Phi) is 12.4. The quantitative estimate of drug-likeness (QED) is 0.0216. The first-order chi connectivity index (χ1) is 30.9. The normalized spacial score (nSPS) is 15.1. The summed E-state index contributed by atoms with van der Waals surface area (Å²) in [6, 6.07) is 21.8. The third kappa shape index (κ3) is 9.84. The monoisotopic (exact) mass is 975 g/mol. The van der Waals surface area contributed by atoms with E-state index in [4.69, 9.17) is 0 Å². The van der Waals surface area contributed by atoms with Crippen LogP contribution in [0.3, 0.4) is 0 Å². The summed E-state index contributed by atoms with van der Waals surface area (Å²) >= 11 is 0. The standard InChI is InChI=1S/C40H29N7O15S4/c1-21(48)37(40(50)41-23-8-3-2-4-9-23)46-45-32-20-25(63(51,52)53)16-22-17-35(66(60,61)62)38(39(49)36(22)32)47-44-31-15-14-30(26-10-5-6-11-27(26)31)43-42-24-18-29-28(34(19-24)65(57,58)59)12-7-13-33(29)64(54,55)56/h2-20,37,44H,1H3,(H,41,50)(H,51,52,53)(H,54,55,56)(H,57,58,59)(H,60,61,62)/b43-42?,46-45?,47-38-. The lowest BCUT2D eigenvalue weighted by atomic mass is 9.93. The fourth-order valence-electron chi connectivity index (χ4n) is 6.59. The Morgan fingerprint density at radius 1 is 0.606 bits per heavy atom. The van der Waals surface area contributed by atoms with E-state index in [2.05, 4.69) is 36.0 Å². The number of anilines is 1. The Balaban J connectivity index is 1.30. The highest BCUT2D eigenvalue weighted by Gasteiger charge is 2.36. The van der Waals surface area contributed by atoms with Gasteiger partial charge in [-0.3, -0.25) is 33.2 Å². The number of nitrogens with one attached hydrogen (secondary N) is 1. The molecule has 22 nitrogen and oxygen atoms in total. The molecule has 1 aliphatic carbocycles. The molecule has 0 amide bonds. The number of fused-ring (bicyclic) bond motifs is 3. The number of rotatable bonds is 13. The Morgan fingerprint density at radius 3 is 1.89 bits per heavy atom. The van der Waals surface area contributed by atoms with Crippen LogP contribution in [0.5, 0.6) is 0 Å². The molecule has 7 rings (SSSR count). The molecular weight excluding hydrogens is 947 g/mol. The molecule has 0 aliphatic heterocycles. The number of ketones is 2. The molecule has 66 heavy (non-hydrogen) atoms. The summed E-state index contributed by atoms with van der Waals surface area (Å²) in [5.41, 5.74) is 0.0510. The first kappa shape index (κ1) is 46.7. The molecule has 6 N–H and O–H groups in total. The summed E-state index contributed by atoms with van der Waals surface area (Å²) in [5.74, 6) is -2.91. The number of allylic oxidation sites excluding steroid dienone is 1. The number of aliphatic hydroxyl groups is 1. The number of hydrogen-bond donors (Lipinski definition) is 6. The maximum Gasteiger partial charge on any atom is 0.296 e. The second-order valence-corrected chi connectivity index (χ2v) is 19.5. The number of Topliss-reactive ketones (excluding diaryl/α,β-unsaturated/α-hetero) is 2. The smallest absolute Gasteiger partial charge is 0.296 e. The molecule has 0 radical (unpaired) electrons. The van der Waals surface area contributed by atoms with Gasteiger partial charge >= 0.3 is 0 Å². The molecule has 1 unspecified atom stereocenters. The Labute approximate surface area is 373 Å². The summed E-state index contributed by atoms with van der Waals surface area (Å²) in [4.78, 5) is 27.3. The van der Waals surface area contributed by atoms with E-state index in [1.165, 1.54) is 36.4 Å². The zero-order valence-electron chi connectivity index (χ0n) is 33.2. The molecular formula is C40H29N7O15S4. The zero-order chi connectivity index (χ0) is 47.9. The number of azo groups is 2. The second-order valence-electron chi connectivity index (χ2n) is 13.9. The predicted octanol–water partition coefficient (Wildman–Crippen LogP) is 7.37. The van der Waals surface area contributed by atoms with Gasteiger partial charge in [0.1, 0.15) is 14.7 Å². The summed E-state index contributed by atoms with van der Waals surface area (Å²) < 4.78 is 139. The van der Waals surface area contributed by atoms with Crippen LogP contribution in [0, 0.1) is 0 Å². The van der Waals surface area contributed by atoms with Crippen molar-refractivity contribution in [1.82, 2.24) is 0 Å². The van der Waals surface area contributed by atoms with E-state index in [1.807, 2.05) is 0 Å². The average Bonchev–Trinajstić information content (AvgIpc) is 3.23. The second kappa shape index (κ2) is 17.6. The first-order valence-corrected chi connectivity index (χ1v) is 24.1. The topological polar surface area (TPSA) is 358 Å². The van der Waals surface area contributed by atoms with Crippen molar-refractivity contribution in [2.45, 2.75) is 27.7 Å². The number of aliphatic hydroxyl groups excluding tert-OH is 1. The molecule has 26 heteroatoms. The Morgan fingerprint density at radius 2 is 1.26 bits per heavy atom. The molecule has 338 valence electrons. The third-order valence-electron chi connectivity index (χ3n) is 9.49. The van der Waals surface area contributed by atoms with Crippen molar-refractivity contribution in [1.29, 1.82) is 0 Å². The van der Waals surface area contributed by atoms with Crippen LogP contribution in [0.2, 0.25) is 0 Å². The number of hydrazone groups is 1. The van der Waals surface area contributed by atoms with Crippen molar-refractivity contribution < 1.29 is 66.6 Å². The van der Waals surface area contributed by atoms with Gasteiger partial charge in [0, 0.05) is 21.5 Å². The molecule has 0 saturated carbocycles. The average molecular weight is 976 g/mol. The molecule has 0 heterocycles. The molecule has 0 spiro atoms. The van der Waals surface area contributed by atoms with Crippen LogP contribution in [0.25, 0.3) is 27.6 Å². The Hall–Kier alpha value is -7.30. The SMILES string of the molecule is CC(=O)C(N=Nc1cc(S(=O)(=O)O)cc2c1C(=O)/C(=N\Nc1ccc(N=Nc3cc(S(=O)(=O)O)c4cccc(S(=O)(=O)O)c4c3)c3ccccc13)C(S(=O)(=O)O)=C2)C(O)=Nc1ccccc1. The van der Waals surface area contributed by atoms with Gasteiger partial charge in [0.2, 0.25) is 17.7 Å². The van der Waals surface area contributed by atoms with E-state index in [9.17, 15) is 66.6 Å². The van der Waals surface area contributed by atoms with Crippen LogP contribution in [-0.2, 0) is 45.3 Å². The van der Waals surface area contributed by atoms with Crippen molar-refractivity contribution >= 4 is 120 Å². The van der Waals surface area contributed by atoms with Crippen LogP contribution < -0.4 is 5.43 Å². The van der Waals surface area contributed by atoms with E-state index >= 15 is 0 Å². The van der Waals surface area contributed by atoms with E-state index in [-0.39, 0.29) is 33.5 Å². The molecule has 1 atom stereocenters. The zero-order valence-corrected chi connectivity index (χ0v) is 36.4. The highest BCUT2D eigenvalue weighted by molar-refractivity contribution is 7.91. The molecule has 1 aliphatic rings. The van der Waals surface area contributed by atoms with Gasteiger partial charge < -0.3 is 5.11 Å². The summed E-state index contributed by atoms with van der Waals surface area (Å²) in [7, 11) is -20.3. The molecule has 0 bridgehead atoms. The fraction of sp³-hybridized carbons (Fsp3) is 0.0500. The lowest BCUT2D eigenvalue weighted by Gasteiger charge is -2.19. The van der Waals surface area contributed by atoms with E-state index in [0.29, 0.717) is 29.0 Å². The molecule has 6 aromatic rings. The van der Waals surface area contributed by atoms with Crippen molar-refractivity contribution in [3.63, 3.8) is 0 Å². The lowest BCUT2D eigenvalue weighted by Crippen LogP contribution is -2.28. The minimum absolute atomic E-state index is 0.0848. The van der Waals surface area contributed by atoms with Gasteiger partial charge in [-0.1, -0.05) is 54.6 Å². The van der Waals surface area contributed by atoms with Crippen LogP contribution in [0.1, 0.15) is 22.8 Å². The van der Waals surface area contributed by atoms with Crippen molar-refractivity contribution in [2.24, 2.45) is 30.6 Å². The number of nitrogens with zero attached hydrogens (tertiary/aromatic N) is 6. The van der Waals surface area contributed by atoms with E-state index < -0.39 is 106 Å². The van der Waals surface area contributed by atoms with Gasteiger partial charge in [-0.15, -0.1) is 5.11 Å². The first-order valence-electron chi connectivity index (χ1n) is 18.3. The highest BCUT2D eigenvalue weighted by atomic mass is 32.2. The Bertz CT molecular complexity index is 3690. The third-order valence-corrected chi connectivity index (χ3v) is 13.0. The molecule has 0 fully saturated rings. The number of aliphatic imine (C=N–C) groups is 1. The van der Waals surface area contributed by atoms with Gasteiger partial charge in [-0.2, -0.15) is 54.1 Å². The van der Waals surface area contributed by atoms with E-state index in [1.54, 1.807) is 36.4 Å². The number of benzene rings is 6. The number of hydrogen-bond acceptors (Lipinski definition) is 17. The summed E-state index contributed by atoms with van der Waals surface area (Å²) in [6.07, 6.45) is 0.678. The van der Waals surface area contributed by atoms with Gasteiger partial charge in [0.25, 0.3) is 40.5 Å². The van der Waals surface area contributed by atoms with Crippen LogP contribution in [0.15, 0.2) is 159 Å². The van der Waals surface area contributed by atoms with Gasteiger partial charge in [0.05, 0.1) is 38.9 Å². The van der Waals surface area contributed by atoms with E-state index in [0.717, 1.165) is 31.2 Å². The minimum atomic E-state index is -5.33. The van der Waals surface area contributed by atoms with Gasteiger partial charge in [-0.05, 0) is 73.2 Å². The molecule has 0 saturated heterocycles. The van der Waals surface area contributed by atoms with Crippen LogP contribution >= 0.6 is 0 Å². The van der Waals surface area contributed by atoms with Gasteiger partial charge in [0.15, 0.2) is 11.5 Å². The van der Waals surface area contributed by atoms with Crippen molar-refractivity contribution in [2.75, 3.05) is 5.43 Å². The maximum absolute atomic E-state index is 14.2. The highest BCUT2D eigenvalue weighted by Crippen LogP contribution is 2.38. The largest absolute Gasteiger partial charge is 0.494 e. The number of carbonyl (C=O) groups is 2. The number of para-hydroxylation sites is 1. The van der Waals surface area contributed by atoms with Crippen molar-refractivity contribution in [3.8, 4) is 0 Å². The van der Waals surface area contributed by atoms with Gasteiger partial charge in [-0.25, -0.2) is 4.99 Å². The fourth-order valence-corrected chi connectivity index (χ4v) is 9.20. The number of carbonyl (C=O) groups excluding carboxylic acids is 2. The van der Waals surface area contributed by atoms with Crippen LogP contribution in [0.4, 0.5) is 28.4 Å². The lowest BCUT2D eigenvalue weighted by molar-refractivity contribution is -0.117. The molecule has 6 aromatic carbocycles. The van der Waals surface area contributed by atoms with Crippen molar-refractivity contribution in [3.05, 3.63) is 125 Å². The van der Waals surface area contributed by atoms with Crippen LogP contribution in [-0.4, -0.2) is 86.2 Å². The molecule has 0 aromatic heterocycles. The summed E-state index contributed by atoms with van der Waals surface area (Å²) in [5, 5.41) is 30.6. The predicted molar refractivity (Wildman–Crippen MR) is 238 cm³/mol. The minimum Gasteiger partial charge on any atom is -0.494 e.